The zero-order chi connectivity index (χ0) is 15.9. The molecule has 0 spiro atoms. The molecule has 0 fully saturated rings. The van der Waals surface area contributed by atoms with Crippen molar-refractivity contribution in [3.63, 3.8) is 0 Å². The van der Waals surface area contributed by atoms with Crippen LogP contribution in [0.4, 0.5) is 0 Å². The van der Waals surface area contributed by atoms with Crippen LogP contribution in [0.1, 0.15) is 0 Å². The highest BCUT2D eigenvalue weighted by Gasteiger charge is 1.99. The molecule has 0 unspecified atom stereocenters. The van der Waals surface area contributed by atoms with Crippen molar-refractivity contribution in [2.24, 2.45) is 0 Å². The minimum Gasteiger partial charge on any atom is -0.256 e. The van der Waals surface area contributed by atoms with E-state index in [1.807, 2.05) is 12.3 Å². The Bertz CT molecular complexity index is 1070. The Morgan fingerprint density at radius 1 is 0.375 bits per heavy atom. The Labute approximate surface area is 138 Å². The Kier molecular flexibility index (Phi) is 2.86. The van der Waals surface area contributed by atoms with Gasteiger partial charge in [-0.05, 0) is 32.2 Å². The van der Waals surface area contributed by atoms with E-state index < -0.39 is 0 Å². The van der Waals surface area contributed by atoms with Gasteiger partial charge < -0.3 is 0 Å². The third kappa shape index (κ3) is 1.85. The van der Waals surface area contributed by atoms with Gasteiger partial charge in [-0.25, -0.2) is 0 Å². The molecule has 0 N–H and O–H groups in total. The van der Waals surface area contributed by atoms with Crippen molar-refractivity contribution in [1.29, 1.82) is 0 Å². The van der Waals surface area contributed by atoms with Crippen molar-refractivity contribution in [2.75, 3.05) is 0 Å². The van der Waals surface area contributed by atoms with Gasteiger partial charge in [0.2, 0.25) is 0 Å². The molecule has 24 heavy (non-hydrogen) atoms. The van der Waals surface area contributed by atoms with Gasteiger partial charge in [-0.3, -0.25) is 4.98 Å². The summed E-state index contributed by atoms with van der Waals surface area (Å²) in [6.07, 6.45) is 1.88. The second kappa shape index (κ2) is 5.17. The second-order valence-electron chi connectivity index (χ2n) is 6.04. The van der Waals surface area contributed by atoms with Crippen LogP contribution < -0.4 is 0 Å². The molecule has 1 nitrogen and oxygen atoms in total. The first-order chi connectivity index (χ1) is 11.9. The SMILES string of the molecule is c1ccc2/c(c1)=c1/cccc/c1=c1\cccn\c1=c1/cccc/c1=2. The molecule has 1 aliphatic carbocycles. The average Bonchev–Trinajstić information content (AvgIpc) is 2.67. The zero-order valence-electron chi connectivity index (χ0n) is 13.1. The molecule has 0 bridgehead atoms. The highest BCUT2D eigenvalue weighted by molar-refractivity contribution is 5.27. The van der Waals surface area contributed by atoms with Crippen LogP contribution in [0.3, 0.4) is 0 Å². The third-order valence-electron chi connectivity index (χ3n) is 4.71. The van der Waals surface area contributed by atoms with Gasteiger partial charge in [0.15, 0.2) is 0 Å². The number of rotatable bonds is 0. The van der Waals surface area contributed by atoms with E-state index in [9.17, 15) is 0 Å². The van der Waals surface area contributed by atoms with Gasteiger partial charge in [0.1, 0.15) is 0 Å². The molecule has 4 aromatic rings. The van der Waals surface area contributed by atoms with Gasteiger partial charge >= 0.3 is 0 Å². The molecule has 1 aromatic heterocycles. The van der Waals surface area contributed by atoms with Gasteiger partial charge in [0.25, 0.3) is 0 Å². The van der Waals surface area contributed by atoms with E-state index in [1.165, 1.54) is 36.5 Å². The molecule has 0 radical (unpaired) electrons. The second-order valence-corrected chi connectivity index (χ2v) is 6.04. The molecular formula is C23H15N. The number of pyridine rings is 1. The Morgan fingerprint density at radius 3 is 1.29 bits per heavy atom. The van der Waals surface area contributed by atoms with Crippen molar-refractivity contribution in [3.8, 4) is 0 Å². The predicted octanol–water partition coefficient (Wildman–Crippen LogP) is 4.54. The minimum atomic E-state index is 1.05. The predicted molar refractivity (Wildman–Crippen MR) is 94.3 cm³/mol. The largest absolute Gasteiger partial charge is 0.256 e. The summed E-state index contributed by atoms with van der Waals surface area (Å²) < 4.78 is 0. The molecular weight excluding hydrogens is 290 g/mol. The summed E-state index contributed by atoms with van der Waals surface area (Å²) in [7, 11) is 0. The van der Waals surface area contributed by atoms with Gasteiger partial charge in [-0.1, -0.05) is 78.9 Å². The van der Waals surface area contributed by atoms with Crippen molar-refractivity contribution >= 4 is 0 Å². The standard InChI is InChI=1S/C23H15N/c1-2-9-17-16(8-1)18-10-3-4-11-20(18)22-14-7-15-24-23(22)21-13-6-5-12-19(17)21/h1-15H/b18-16-,19-17-,22-20-,23-21+. The number of hydrogen-bond acceptors (Lipinski definition) is 1. The van der Waals surface area contributed by atoms with Crippen LogP contribution in [-0.2, 0) is 0 Å². The van der Waals surface area contributed by atoms with E-state index in [-0.39, 0.29) is 0 Å². The Morgan fingerprint density at radius 2 is 0.750 bits per heavy atom. The quantitative estimate of drug-likeness (QED) is 0.409. The molecule has 0 aliphatic heterocycles. The molecule has 3 aromatic carbocycles. The Hall–Kier alpha value is -3.19. The van der Waals surface area contributed by atoms with Crippen LogP contribution >= 0.6 is 0 Å². The van der Waals surface area contributed by atoms with Crippen LogP contribution in [0.5, 0.6) is 0 Å². The van der Waals surface area contributed by atoms with Crippen molar-refractivity contribution in [3.05, 3.63) is 133 Å². The van der Waals surface area contributed by atoms with Crippen LogP contribution in [-0.4, -0.2) is 4.98 Å². The first kappa shape index (κ1) is 13.3. The van der Waals surface area contributed by atoms with Gasteiger partial charge in [0, 0.05) is 16.6 Å². The van der Waals surface area contributed by atoms with Gasteiger partial charge in [-0.2, -0.15) is 0 Å². The fourth-order valence-electron chi connectivity index (χ4n) is 3.67. The van der Waals surface area contributed by atoms with Crippen molar-refractivity contribution in [1.82, 2.24) is 4.98 Å². The van der Waals surface area contributed by atoms with E-state index in [0.717, 1.165) is 5.35 Å². The minimum absolute atomic E-state index is 1.05. The smallest absolute Gasteiger partial charge is 0.0786 e. The average molecular weight is 305 g/mol. The van der Waals surface area contributed by atoms with Gasteiger partial charge in [0.05, 0.1) is 5.35 Å². The number of benzene rings is 3. The first-order valence-corrected chi connectivity index (χ1v) is 8.17. The van der Waals surface area contributed by atoms with E-state index in [4.69, 9.17) is 4.98 Å². The maximum atomic E-state index is 4.73. The molecule has 0 amide bonds. The van der Waals surface area contributed by atoms with E-state index in [0.29, 0.717) is 0 Å². The summed E-state index contributed by atoms with van der Waals surface area (Å²) in [5.41, 5.74) is 0. The molecule has 0 atom stereocenters. The number of nitrogens with zero attached hydrogens (tertiary/aromatic N) is 1. The Balaban J connectivity index is 2.48. The molecule has 5 rings (SSSR count). The molecule has 112 valence electrons. The van der Waals surface area contributed by atoms with Crippen LogP contribution in [0.25, 0.3) is 0 Å². The fourth-order valence-corrected chi connectivity index (χ4v) is 3.67. The first-order valence-electron chi connectivity index (χ1n) is 8.17. The van der Waals surface area contributed by atoms with E-state index in [1.54, 1.807) is 0 Å². The summed E-state index contributed by atoms with van der Waals surface area (Å²) in [4.78, 5) is 4.73. The van der Waals surface area contributed by atoms with Crippen LogP contribution in [0.2, 0.25) is 0 Å². The van der Waals surface area contributed by atoms with Crippen LogP contribution in [0, 0.1) is 41.9 Å². The summed E-state index contributed by atoms with van der Waals surface area (Å²) in [5, 5.41) is 9.70. The fraction of sp³-hybridized carbons (Fsp3) is 0. The lowest BCUT2D eigenvalue weighted by Gasteiger charge is -2.01. The number of fused-ring (bicyclic) bond motifs is 4. The maximum absolute atomic E-state index is 4.73. The third-order valence-corrected chi connectivity index (χ3v) is 4.71. The van der Waals surface area contributed by atoms with E-state index in [2.05, 4.69) is 78.9 Å². The topological polar surface area (TPSA) is 12.9 Å². The van der Waals surface area contributed by atoms with E-state index >= 15 is 0 Å². The summed E-state index contributed by atoms with van der Waals surface area (Å²) in [6.45, 7) is 0. The molecule has 0 saturated heterocycles. The normalized spacial score (nSPS) is 17.3. The van der Waals surface area contributed by atoms with Crippen molar-refractivity contribution < 1.29 is 0 Å². The molecule has 0 saturated carbocycles. The van der Waals surface area contributed by atoms with Gasteiger partial charge in [-0.15, -0.1) is 0 Å². The molecule has 1 heteroatoms. The van der Waals surface area contributed by atoms with Crippen molar-refractivity contribution in [2.45, 2.75) is 0 Å². The van der Waals surface area contributed by atoms with Crippen LogP contribution in [0.15, 0.2) is 91.1 Å². The molecule has 1 heterocycles. The number of hydrogen-bond donors (Lipinski definition) is 0. The zero-order valence-corrected chi connectivity index (χ0v) is 13.1. The summed E-state index contributed by atoms with van der Waals surface area (Å²) in [5.74, 6) is 0. The maximum Gasteiger partial charge on any atom is 0.0786 e. The number of aromatic nitrogens is 1. The highest BCUT2D eigenvalue weighted by Crippen LogP contribution is 2.11. The highest BCUT2D eigenvalue weighted by atomic mass is 14.6. The summed E-state index contributed by atoms with van der Waals surface area (Å²) >= 11 is 0. The lowest BCUT2D eigenvalue weighted by Crippen LogP contribution is -1.90. The lowest BCUT2D eigenvalue weighted by atomic mass is 10.0. The summed E-state index contributed by atoms with van der Waals surface area (Å²) in [6, 6.07) is 30.0. The lowest BCUT2D eigenvalue weighted by molar-refractivity contribution is 1.17. The molecule has 1 aliphatic rings. The monoisotopic (exact) mass is 305 g/mol.